The third kappa shape index (κ3) is 4.75. The van der Waals surface area contributed by atoms with E-state index in [1.807, 2.05) is 36.4 Å². The second kappa shape index (κ2) is 8.21. The summed E-state index contributed by atoms with van der Waals surface area (Å²) in [6.07, 6.45) is 0. The van der Waals surface area contributed by atoms with E-state index in [1.54, 1.807) is 0 Å². The van der Waals surface area contributed by atoms with Gasteiger partial charge in [0.2, 0.25) is 5.91 Å². The van der Waals surface area contributed by atoms with Crippen LogP contribution in [-0.2, 0) is 4.79 Å². The van der Waals surface area contributed by atoms with Crippen molar-refractivity contribution in [1.82, 2.24) is 4.90 Å². The van der Waals surface area contributed by atoms with Gasteiger partial charge < -0.3 is 10.2 Å². The van der Waals surface area contributed by atoms with Crippen molar-refractivity contribution < 1.29 is 4.79 Å². The SMILES string of the molecule is Cc1ccc(Cl)cc1N1CCN(CC(=O)Nc2ccccc2Br)CC1. The number of hydrogen-bond donors (Lipinski definition) is 1. The van der Waals surface area contributed by atoms with Crippen molar-refractivity contribution in [2.24, 2.45) is 0 Å². The molecule has 0 spiro atoms. The van der Waals surface area contributed by atoms with Gasteiger partial charge in [-0.25, -0.2) is 0 Å². The van der Waals surface area contributed by atoms with E-state index in [1.165, 1.54) is 11.3 Å². The highest BCUT2D eigenvalue weighted by molar-refractivity contribution is 9.10. The van der Waals surface area contributed by atoms with Crippen LogP contribution >= 0.6 is 27.5 Å². The Morgan fingerprint density at radius 1 is 1.16 bits per heavy atom. The number of aryl methyl sites for hydroxylation is 1. The Bertz CT molecular complexity index is 760. The van der Waals surface area contributed by atoms with Crippen molar-refractivity contribution in [3.05, 3.63) is 57.5 Å². The Kier molecular flexibility index (Phi) is 5.99. The number of piperazine rings is 1. The molecule has 0 bridgehead atoms. The van der Waals surface area contributed by atoms with Crippen LogP contribution in [0, 0.1) is 6.92 Å². The first-order valence-electron chi connectivity index (χ1n) is 8.31. The van der Waals surface area contributed by atoms with Crippen LogP contribution in [0.3, 0.4) is 0 Å². The van der Waals surface area contributed by atoms with E-state index >= 15 is 0 Å². The normalized spacial score (nSPS) is 15.2. The average Bonchev–Trinajstić information content (AvgIpc) is 2.60. The summed E-state index contributed by atoms with van der Waals surface area (Å²) >= 11 is 9.58. The zero-order chi connectivity index (χ0) is 17.8. The summed E-state index contributed by atoms with van der Waals surface area (Å²) in [5.41, 5.74) is 3.22. The van der Waals surface area contributed by atoms with Crippen molar-refractivity contribution in [3.8, 4) is 0 Å². The third-order valence-corrected chi connectivity index (χ3v) is 5.33. The number of anilines is 2. The van der Waals surface area contributed by atoms with Crippen LogP contribution < -0.4 is 10.2 Å². The number of carbonyl (C=O) groups excluding carboxylic acids is 1. The first kappa shape index (κ1) is 18.2. The maximum Gasteiger partial charge on any atom is 0.238 e. The molecule has 25 heavy (non-hydrogen) atoms. The number of para-hydroxylation sites is 1. The second-order valence-electron chi connectivity index (χ2n) is 6.22. The third-order valence-electron chi connectivity index (χ3n) is 4.40. The first-order chi connectivity index (χ1) is 12.0. The molecule has 4 nitrogen and oxygen atoms in total. The zero-order valence-corrected chi connectivity index (χ0v) is 16.5. The minimum absolute atomic E-state index is 0.0132. The fourth-order valence-corrected chi connectivity index (χ4v) is 3.58. The Morgan fingerprint density at radius 3 is 2.60 bits per heavy atom. The van der Waals surface area contributed by atoms with Gasteiger partial charge in [0.05, 0.1) is 12.2 Å². The maximum atomic E-state index is 12.3. The number of halogens is 2. The van der Waals surface area contributed by atoms with Gasteiger partial charge in [-0.15, -0.1) is 0 Å². The molecule has 2 aromatic rings. The van der Waals surface area contributed by atoms with Gasteiger partial charge in [0.1, 0.15) is 0 Å². The minimum atomic E-state index is 0.0132. The molecule has 1 fully saturated rings. The number of carbonyl (C=O) groups is 1. The molecule has 0 saturated carbocycles. The smallest absolute Gasteiger partial charge is 0.238 e. The average molecular weight is 423 g/mol. The summed E-state index contributed by atoms with van der Waals surface area (Å²) in [5, 5.41) is 3.72. The molecule has 1 aliphatic rings. The molecule has 0 atom stereocenters. The number of rotatable bonds is 4. The predicted molar refractivity (Wildman–Crippen MR) is 108 cm³/mol. The van der Waals surface area contributed by atoms with E-state index in [-0.39, 0.29) is 5.91 Å². The summed E-state index contributed by atoms with van der Waals surface area (Å²) in [7, 11) is 0. The maximum absolute atomic E-state index is 12.3. The molecule has 1 N–H and O–H groups in total. The molecule has 1 aliphatic heterocycles. The Hall–Kier alpha value is -1.56. The highest BCUT2D eigenvalue weighted by Crippen LogP contribution is 2.25. The van der Waals surface area contributed by atoms with Gasteiger partial charge in [-0.1, -0.05) is 29.8 Å². The summed E-state index contributed by atoms with van der Waals surface area (Å²) in [6.45, 7) is 6.00. The quantitative estimate of drug-likeness (QED) is 0.803. The standard InChI is InChI=1S/C19H21BrClN3O/c1-14-6-7-15(21)12-18(14)24-10-8-23(9-11-24)13-19(25)22-17-5-3-2-4-16(17)20/h2-7,12H,8-11,13H2,1H3,(H,22,25). The molecule has 1 heterocycles. The lowest BCUT2D eigenvalue weighted by atomic mass is 10.1. The minimum Gasteiger partial charge on any atom is -0.369 e. The molecule has 3 rings (SSSR count). The van der Waals surface area contributed by atoms with Gasteiger partial charge in [-0.3, -0.25) is 9.69 Å². The molecule has 0 aromatic heterocycles. The van der Waals surface area contributed by atoms with Gasteiger partial charge in [0, 0.05) is 41.4 Å². The Labute approximate surface area is 161 Å². The molecular formula is C19H21BrClN3O. The molecule has 132 valence electrons. The van der Waals surface area contributed by atoms with Gasteiger partial charge in [0.25, 0.3) is 0 Å². The predicted octanol–water partition coefficient (Wildman–Crippen LogP) is 4.17. The van der Waals surface area contributed by atoms with Gasteiger partial charge in [-0.05, 0) is 52.7 Å². The Morgan fingerprint density at radius 2 is 1.88 bits per heavy atom. The fourth-order valence-electron chi connectivity index (χ4n) is 3.03. The van der Waals surface area contributed by atoms with E-state index in [0.717, 1.165) is 41.4 Å². The summed E-state index contributed by atoms with van der Waals surface area (Å²) in [6, 6.07) is 13.6. The van der Waals surface area contributed by atoms with Crippen LogP contribution in [0.5, 0.6) is 0 Å². The van der Waals surface area contributed by atoms with Crippen LogP contribution in [0.15, 0.2) is 46.9 Å². The number of nitrogens with one attached hydrogen (secondary N) is 1. The highest BCUT2D eigenvalue weighted by Gasteiger charge is 2.20. The molecule has 0 aliphatic carbocycles. The van der Waals surface area contributed by atoms with Crippen molar-refractivity contribution in [1.29, 1.82) is 0 Å². The summed E-state index contributed by atoms with van der Waals surface area (Å²) < 4.78 is 0.893. The first-order valence-corrected chi connectivity index (χ1v) is 9.48. The van der Waals surface area contributed by atoms with Gasteiger partial charge in [0.15, 0.2) is 0 Å². The molecule has 2 aromatic carbocycles. The van der Waals surface area contributed by atoms with Gasteiger partial charge in [-0.2, -0.15) is 0 Å². The lowest BCUT2D eigenvalue weighted by Gasteiger charge is -2.36. The van der Waals surface area contributed by atoms with Crippen molar-refractivity contribution in [2.45, 2.75) is 6.92 Å². The van der Waals surface area contributed by atoms with Crippen molar-refractivity contribution in [3.63, 3.8) is 0 Å². The van der Waals surface area contributed by atoms with Crippen LogP contribution in [0.2, 0.25) is 5.02 Å². The highest BCUT2D eigenvalue weighted by atomic mass is 79.9. The zero-order valence-electron chi connectivity index (χ0n) is 14.1. The van der Waals surface area contributed by atoms with Crippen LogP contribution in [-0.4, -0.2) is 43.5 Å². The molecule has 0 radical (unpaired) electrons. The molecule has 1 saturated heterocycles. The number of hydrogen-bond acceptors (Lipinski definition) is 3. The van der Waals surface area contributed by atoms with E-state index < -0.39 is 0 Å². The van der Waals surface area contributed by atoms with E-state index in [0.29, 0.717) is 6.54 Å². The lowest BCUT2D eigenvalue weighted by molar-refractivity contribution is -0.117. The molecule has 1 amide bonds. The van der Waals surface area contributed by atoms with Crippen LogP contribution in [0.25, 0.3) is 0 Å². The van der Waals surface area contributed by atoms with Crippen molar-refractivity contribution in [2.75, 3.05) is 42.9 Å². The van der Waals surface area contributed by atoms with Crippen molar-refractivity contribution >= 4 is 44.8 Å². The topological polar surface area (TPSA) is 35.6 Å². The largest absolute Gasteiger partial charge is 0.369 e. The number of nitrogens with zero attached hydrogens (tertiary/aromatic N) is 2. The molecule has 0 unspecified atom stereocenters. The lowest BCUT2D eigenvalue weighted by Crippen LogP contribution is -2.48. The molecule has 6 heteroatoms. The van der Waals surface area contributed by atoms with Gasteiger partial charge >= 0.3 is 0 Å². The number of amides is 1. The van der Waals surface area contributed by atoms with E-state index in [2.05, 4.69) is 44.0 Å². The Balaban J connectivity index is 1.53. The monoisotopic (exact) mass is 421 g/mol. The van der Waals surface area contributed by atoms with Crippen LogP contribution in [0.1, 0.15) is 5.56 Å². The summed E-state index contributed by atoms with van der Waals surface area (Å²) in [5.74, 6) is 0.0132. The fraction of sp³-hybridized carbons (Fsp3) is 0.316. The molecular weight excluding hydrogens is 402 g/mol. The second-order valence-corrected chi connectivity index (χ2v) is 7.51. The summed E-state index contributed by atoms with van der Waals surface area (Å²) in [4.78, 5) is 16.8. The van der Waals surface area contributed by atoms with E-state index in [9.17, 15) is 4.79 Å². The van der Waals surface area contributed by atoms with Crippen LogP contribution in [0.4, 0.5) is 11.4 Å². The number of benzene rings is 2. The van der Waals surface area contributed by atoms with E-state index in [4.69, 9.17) is 11.6 Å².